The molecule has 76 valence electrons. The molecule has 0 aliphatic carbocycles. The number of hydrogen-bond acceptors (Lipinski definition) is 2. The van der Waals surface area contributed by atoms with Gasteiger partial charge in [-0.15, -0.1) is 0 Å². The van der Waals surface area contributed by atoms with Gasteiger partial charge in [0.25, 0.3) is 0 Å². The molecule has 1 unspecified atom stereocenters. The predicted octanol–water partition coefficient (Wildman–Crippen LogP) is 2.04. The van der Waals surface area contributed by atoms with E-state index < -0.39 is 0 Å². The summed E-state index contributed by atoms with van der Waals surface area (Å²) in [5.74, 6) is 0.662. The molecule has 0 bridgehead atoms. The Balaban J connectivity index is 2.57. The molecule has 2 rings (SSSR count). The van der Waals surface area contributed by atoms with Crippen molar-refractivity contribution >= 4 is 0 Å². The fourth-order valence-corrected chi connectivity index (χ4v) is 2.05. The average Bonchev–Trinajstić information content (AvgIpc) is 2.18. The lowest BCUT2D eigenvalue weighted by molar-refractivity contribution is 0.398. The quantitative estimate of drug-likeness (QED) is 0.740. The van der Waals surface area contributed by atoms with E-state index in [2.05, 4.69) is 5.32 Å². The topological polar surface area (TPSA) is 21.3 Å². The number of ether oxygens (including phenoxy) is 1. The lowest BCUT2D eigenvalue weighted by Crippen LogP contribution is -2.29. The van der Waals surface area contributed by atoms with Gasteiger partial charge in [0.05, 0.1) is 7.11 Å². The average molecular weight is 195 g/mol. The van der Waals surface area contributed by atoms with Crippen LogP contribution in [0.3, 0.4) is 0 Å². The normalized spacial score (nSPS) is 20.4. The van der Waals surface area contributed by atoms with E-state index in [1.807, 2.05) is 6.92 Å². The first kappa shape index (κ1) is 9.46. The lowest BCUT2D eigenvalue weighted by atomic mass is 9.94. The van der Waals surface area contributed by atoms with E-state index in [4.69, 9.17) is 4.74 Å². The second kappa shape index (κ2) is 3.58. The molecule has 0 fully saturated rings. The first-order valence-corrected chi connectivity index (χ1v) is 4.82. The molecule has 0 radical (unpaired) electrons. The summed E-state index contributed by atoms with van der Waals surface area (Å²) < 4.78 is 18.8. The van der Waals surface area contributed by atoms with Crippen LogP contribution in [0.15, 0.2) is 12.1 Å². The van der Waals surface area contributed by atoms with E-state index in [1.54, 1.807) is 13.2 Å². The molecule has 14 heavy (non-hydrogen) atoms. The zero-order valence-corrected chi connectivity index (χ0v) is 8.43. The van der Waals surface area contributed by atoms with Crippen LogP contribution in [0.2, 0.25) is 0 Å². The lowest BCUT2D eigenvalue weighted by Gasteiger charge is -2.25. The zero-order chi connectivity index (χ0) is 10.1. The largest absolute Gasteiger partial charge is 0.496 e. The van der Waals surface area contributed by atoms with Gasteiger partial charge in [0.15, 0.2) is 0 Å². The van der Waals surface area contributed by atoms with Crippen LogP contribution in [0, 0.1) is 5.82 Å². The summed E-state index contributed by atoms with van der Waals surface area (Å²) in [6.07, 6.45) is 0.834. The van der Waals surface area contributed by atoms with Gasteiger partial charge in [0.1, 0.15) is 11.6 Å². The van der Waals surface area contributed by atoms with Crippen molar-refractivity contribution in [3.8, 4) is 5.75 Å². The van der Waals surface area contributed by atoms with Gasteiger partial charge in [0.2, 0.25) is 0 Å². The van der Waals surface area contributed by atoms with Crippen molar-refractivity contribution in [3.05, 3.63) is 29.1 Å². The number of hydrogen-bond donors (Lipinski definition) is 1. The maximum Gasteiger partial charge on any atom is 0.128 e. The van der Waals surface area contributed by atoms with Crippen molar-refractivity contribution in [2.75, 3.05) is 13.7 Å². The minimum absolute atomic E-state index is 0.0776. The standard InChI is InChI=1S/C11H14FNO/c1-7-11-8(5-6-13-7)10(14-2)4-3-9(11)12/h3-4,7,13H,5-6H2,1-2H3. The summed E-state index contributed by atoms with van der Waals surface area (Å²) in [4.78, 5) is 0. The van der Waals surface area contributed by atoms with Gasteiger partial charge >= 0.3 is 0 Å². The highest BCUT2D eigenvalue weighted by atomic mass is 19.1. The summed E-state index contributed by atoms with van der Waals surface area (Å²) in [5.41, 5.74) is 1.77. The minimum Gasteiger partial charge on any atom is -0.496 e. The second-order valence-electron chi connectivity index (χ2n) is 3.57. The Kier molecular flexibility index (Phi) is 2.42. The van der Waals surface area contributed by atoms with Crippen molar-refractivity contribution in [3.63, 3.8) is 0 Å². The summed E-state index contributed by atoms with van der Waals surface area (Å²) in [6.45, 7) is 2.86. The SMILES string of the molecule is COc1ccc(F)c2c1CCNC2C. The van der Waals surface area contributed by atoms with E-state index >= 15 is 0 Å². The highest BCUT2D eigenvalue weighted by Crippen LogP contribution is 2.32. The molecule has 3 heteroatoms. The summed E-state index contributed by atoms with van der Waals surface area (Å²) in [5, 5.41) is 3.23. The molecule has 0 saturated heterocycles. The van der Waals surface area contributed by atoms with Crippen LogP contribution < -0.4 is 10.1 Å². The molecule has 1 heterocycles. The molecule has 1 atom stereocenters. The fraction of sp³-hybridized carbons (Fsp3) is 0.455. The zero-order valence-electron chi connectivity index (χ0n) is 8.43. The van der Waals surface area contributed by atoms with Gasteiger partial charge in [-0.25, -0.2) is 4.39 Å². The van der Waals surface area contributed by atoms with E-state index in [9.17, 15) is 4.39 Å². The summed E-state index contributed by atoms with van der Waals surface area (Å²) in [7, 11) is 1.63. The molecule has 0 spiro atoms. The summed E-state index contributed by atoms with van der Waals surface area (Å²) >= 11 is 0. The Hall–Kier alpha value is -1.09. The summed E-state index contributed by atoms with van der Waals surface area (Å²) in [6, 6.07) is 3.25. The highest BCUT2D eigenvalue weighted by molar-refractivity contribution is 5.44. The molecule has 0 saturated carbocycles. The number of benzene rings is 1. The van der Waals surface area contributed by atoms with Crippen LogP contribution in [-0.2, 0) is 6.42 Å². The molecule has 1 aliphatic heterocycles. The molecular weight excluding hydrogens is 181 g/mol. The molecule has 2 nitrogen and oxygen atoms in total. The predicted molar refractivity (Wildman–Crippen MR) is 53.1 cm³/mol. The van der Waals surface area contributed by atoms with Gasteiger partial charge in [-0.3, -0.25) is 0 Å². The van der Waals surface area contributed by atoms with E-state index in [0.29, 0.717) is 0 Å². The number of nitrogens with one attached hydrogen (secondary N) is 1. The third kappa shape index (κ3) is 1.38. The van der Waals surface area contributed by atoms with Crippen LogP contribution in [-0.4, -0.2) is 13.7 Å². The van der Waals surface area contributed by atoms with Crippen LogP contribution in [0.5, 0.6) is 5.75 Å². The fourth-order valence-electron chi connectivity index (χ4n) is 2.05. The maximum absolute atomic E-state index is 13.5. The van der Waals surface area contributed by atoms with Crippen LogP contribution >= 0.6 is 0 Å². The highest BCUT2D eigenvalue weighted by Gasteiger charge is 2.22. The van der Waals surface area contributed by atoms with Crippen LogP contribution in [0.4, 0.5) is 4.39 Å². The Morgan fingerprint density at radius 1 is 1.50 bits per heavy atom. The van der Waals surface area contributed by atoms with Gasteiger partial charge < -0.3 is 10.1 Å². The van der Waals surface area contributed by atoms with Crippen molar-refractivity contribution < 1.29 is 9.13 Å². The Morgan fingerprint density at radius 3 is 3.00 bits per heavy atom. The van der Waals surface area contributed by atoms with Gasteiger partial charge in [-0.1, -0.05) is 0 Å². The van der Waals surface area contributed by atoms with Gasteiger partial charge in [-0.05, 0) is 32.0 Å². The third-order valence-corrected chi connectivity index (χ3v) is 2.74. The Bertz CT molecular complexity index is 351. The van der Waals surface area contributed by atoms with Crippen molar-refractivity contribution in [2.24, 2.45) is 0 Å². The van der Waals surface area contributed by atoms with Gasteiger partial charge in [0, 0.05) is 17.2 Å². The molecule has 1 aromatic carbocycles. The molecule has 1 aromatic rings. The van der Waals surface area contributed by atoms with Crippen LogP contribution in [0.1, 0.15) is 24.1 Å². The monoisotopic (exact) mass is 195 g/mol. The van der Waals surface area contributed by atoms with Crippen molar-refractivity contribution in [1.82, 2.24) is 5.32 Å². The number of rotatable bonds is 1. The van der Waals surface area contributed by atoms with E-state index in [1.165, 1.54) is 6.07 Å². The van der Waals surface area contributed by atoms with E-state index in [-0.39, 0.29) is 11.9 Å². The first-order chi connectivity index (χ1) is 6.74. The Morgan fingerprint density at radius 2 is 2.29 bits per heavy atom. The molecule has 1 N–H and O–H groups in total. The number of methoxy groups -OCH3 is 1. The maximum atomic E-state index is 13.5. The van der Waals surface area contributed by atoms with Crippen molar-refractivity contribution in [1.29, 1.82) is 0 Å². The van der Waals surface area contributed by atoms with Crippen molar-refractivity contribution in [2.45, 2.75) is 19.4 Å². The molecule has 0 aromatic heterocycles. The van der Waals surface area contributed by atoms with Crippen LogP contribution in [0.25, 0.3) is 0 Å². The number of halogens is 1. The number of fused-ring (bicyclic) bond motifs is 1. The molecular formula is C11H14FNO. The smallest absolute Gasteiger partial charge is 0.128 e. The van der Waals surface area contributed by atoms with E-state index in [0.717, 1.165) is 29.8 Å². The Labute approximate surface area is 83.1 Å². The first-order valence-electron chi connectivity index (χ1n) is 4.82. The third-order valence-electron chi connectivity index (χ3n) is 2.74. The molecule has 0 amide bonds. The second-order valence-corrected chi connectivity index (χ2v) is 3.57. The minimum atomic E-state index is -0.138. The molecule has 1 aliphatic rings. The van der Waals surface area contributed by atoms with Gasteiger partial charge in [-0.2, -0.15) is 0 Å².